The molecule has 0 radical (unpaired) electrons. The summed E-state index contributed by atoms with van der Waals surface area (Å²) in [6.07, 6.45) is 0. The molecule has 2 heteroatoms. The second-order valence-electron chi connectivity index (χ2n) is 2.70. The first kappa shape index (κ1) is 10.0. The molecule has 0 fully saturated rings. The first-order valence-electron chi connectivity index (χ1n) is 4.07. The van der Waals surface area contributed by atoms with Crippen LogP contribution in [0.3, 0.4) is 0 Å². The van der Waals surface area contributed by atoms with Gasteiger partial charge in [-0.1, -0.05) is 24.3 Å². The molecule has 0 spiro atoms. The average Bonchev–Trinajstić information content (AvgIpc) is 2.09. The van der Waals surface area contributed by atoms with Gasteiger partial charge in [-0.3, -0.25) is 0 Å². The summed E-state index contributed by atoms with van der Waals surface area (Å²) in [5, 5.41) is 0. The fraction of sp³-hybridized carbons (Fsp3) is 0.400. The summed E-state index contributed by atoms with van der Waals surface area (Å²) in [4.78, 5) is 0. The Balaban J connectivity index is 2.46. The van der Waals surface area contributed by atoms with E-state index in [9.17, 15) is 0 Å². The van der Waals surface area contributed by atoms with Gasteiger partial charge in [0.2, 0.25) is 0 Å². The van der Waals surface area contributed by atoms with Crippen LogP contribution in [0.25, 0.3) is 0 Å². The topological polar surface area (TPSA) is 0 Å². The van der Waals surface area contributed by atoms with E-state index < -0.39 is 0 Å². The zero-order chi connectivity index (χ0) is 8.81. The third-order valence-corrected chi connectivity index (χ3v) is 3.29. The molecule has 0 N–H and O–H groups in total. The number of aryl methyl sites for hydroxylation is 1. The maximum Gasteiger partial charge on any atom is 0.0187 e. The van der Waals surface area contributed by atoms with Crippen LogP contribution in [-0.4, -0.2) is 11.5 Å². The Morgan fingerprint density at radius 3 is 2.75 bits per heavy atom. The van der Waals surface area contributed by atoms with E-state index in [1.165, 1.54) is 11.1 Å². The Bertz CT molecular complexity index is 233. The summed E-state index contributed by atoms with van der Waals surface area (Å²) in [6, 6.07) is 8.54. The molecule has 66 valence electrons. The van der Waals surface area contributed by atoms with Gasteiger partial charge in [0.1, 0.15) is 0 Å². The van der Waals surface area contributed by atoms with Gasteiger partial charge in [-0.2, -0.15) is 24.4 Å². The molecule has 0 aromatic heterocycles. The van der Waals surface area contributed by atoms with Crippen molar-refractivity contribution in [1.29, 1.82) is 0 Å². The molecule has 0 saturated carbocycles. The van der Waals surface area contributed by atoms with Crippen LogP contribution in [0.2, 0.25) is 0 Å². The lowest BCUT2D eigenvalue weighted by Gasteiger charge is -2.03. The fourth-order valence-electron chi connectivity index (χ4n) is 1.02. The number of hydrogen-bond donors (Lipinski definition) is 1. The third-order valence-electron chi connectivity index (χ3n) is 1.75. The van der Waals surface area contributed by atoms with Crippen LogP contribution >= 0.6 is 24.4 Å². The van der Waals surface area contributed by atoms with Crippen molar-refractivity contribution in [2.75, 3.05) is 11.5 Å². The van der Waals surface area contributed by atoms with Gasteiger partial charge in [0.05, 0.1) is 0 Å². The number of benzene rings is 1. The second-order valence-corrected chi connectivity index (χ2v) is 4.26. The van der Waals surface area contributed by atoms with Crippen molar-refractivity contribution >= 4 is 24.4 Å². The molecule has 12 heavy (non-hydrogen) atoms. The van der Waals surface area contributed by atoms with Crippen LogP contribution < -0.4 is 0 Å². The lowest BCUT2D eigenvalue weighted by molar-refractivity contribution is 1.30. The van der Waals surface area contributed by atoms with Crippen molar-refractivity contribution in [3.05, 3.63) is 35.4 Å². The van der Waals surface area contributed by atoms with Crippen molar-refractivity contribution in [3.8, 4) is 0 Å². The quantitative estimate of drug-likeness (QED) is 0.573. The normalized spacial score (nSPS) is 10.2. The van der Waals surface area contributed by atoms with E-state index >= 15 is 0 Å². The number of hydrogen-bond acceptors (Lipinski definition) is 2. The van der Waals surface area contributed by atoms with Gasteiger partial charge in [0.25, 0.3) is 0 Å². The molecule has 0 aliphatic rings. The van der Waals surface area contributed by atoms with E-state index in [0.717, 1.165) is 17.3 Å². The Morgan fingerprint density at radius 2 is 2.08 bits per heavy atom. The minimum absolute atomic E-state index is 0.969. The highest BCUT2D eigenvalue weighted by molar-refractivity contribution is 7.99. The van der Waals surface area contributed by atoms with Gasteiger partial charge in [-0.25, -0.2) is 0 Å². The van der Waals surface area contributed by atoms with Crippen molar-refractivity contribution in [2.45, 2.75) is 12.7 Å². The van der Waals surface area contributed by atoms with E-state index in [4.69, 9.17) is 0 Å². The van der Waals surface area contributed by atoms with Crippen molar-refractivity contribution in [1.82, 2.24) is 0 Å². The molecule has 0 saturated heterocycles. The summed E-state index contributed by atoms with van der Waals surface area (Å²) >= 11 is 6.12. The molecule has 0 nitrogen and oxygen atoms in total. The zero-order valence-electron chi connectivity index (χ0n) is 7.29. The van der Waals surface area contributed by atoms with Crippen LogP contribution in [0, 0.1) is 6.92 Å². The molecule has 0 bridgehead atoms. The molecule has 0 aliphatic heterocycles. The van der Waals surface area contributed by atoms with Crippen LogP contribution in [-0.2, 0) is 5.75 Å². The molecule has 1 aromatic carbocycles. The minimum Gasteiger partial charge on any atom is -0.179 e. The minimum atomic E-state index is 0.969. The highest BCUT2D eigenvalue weighted by Gasteiger charge is 1.95. The summed E-state index contributed by atoms with van der Waals surface area (Å²) in [6.45, 7) is 2.16. The number of thiol groups is 1. The predicted octanol–water partition coefficient (Wildman–Crippen LogP) is 3.16. The van der Waals surface area contributed by atoms with E-state index in [1.54, 1.807) is 0 Å². The maximum atomic E-state index is 4.17. The fourth-order valence-corrected chi connectivity index (χ4v) is 2.22. The van der Waals surface area contributed by atoms with Gasteiger partial charge in [-0.15, -0.1) is 0 Å². The van der Waals surface area contributed by atoms with Gasteiger partial charge in [0, 0.05) is 11.5 Å². The van der Waals surface area contributed by atoms with Gasteiger partial charge < -0.3 is 0 Å². The third kappa shape index (κ3) is 3.11. The molecule has 0 heterocycles. The first-order valence-corrected chi connectivity index (χ1v) is 5.86. The highest BCUT2D eigenvalue weighted by atomic mass is 32.2. The monoisotopic (exact) mass is 198 g/mol. The van der Waals surface area contributed by atoms with Crippen LogP contribution in [0.5, 0.6) is 0 Å². The Kier molecular flexibility index (Phi) is 4.62. The van der Waals surface area contributed by atoms with Gasteiger partial charge in [-0.05, 0) is 23.8 Å². The predicted molar refractivity (Wildman–Crippen MR) is 61.2 cm³/mol. The summed E-state index contributed by atoms with van der Waals surface area (Å²) in [5.74, 6) is 3.22. The lowest BCUT2D eigenvalue weighted by Crippen LogP contribution is -1.87. The Labute approximate surface area is 84.2 Å². The van der Waals surface area contributed by atoms with Crippen molar-refractivity contribution in [3.63, 3.8) is 0 Å². The Morgan fingerprint density at radius 1 is 1.33 bits per heavy atom. The smallest absolute Gasteiger partial charge is 0.0187 e. The molecule has 0 amide bonds. The summed E-state index contributed by atoms with van der Waals surface area (Å²) in [7, 11) is 0. The molecular formula is C10H14S2. The molecular weight excluding hydrogens is 184 g/mol. The van der Waals surface area contributed by atoms with Gasteiger partial charge >= 0.3 is 0 Å². The highest BCUT2D eigenvalue weighted by Crippen LogP contribution is 2.15. The van der Waals surface area contributed by atoms with Crippen molar-refractivity contribution in [2.24, 2.45) is 0 Å². The van der Waals surface area contributed by atoms with E-state index in [2.05, 4.69) is 43.8 Å². The molecule has 1 aromatic rings. The van der Waals surface area contributed by atoms with E-state index in [-0.39, 0.29) is 0 Å². The molecule has 0 aliphatic carbocycles. The van der Waals surface area contributed by atoms with Gasteiger partial charge in [0.15, 0.2) is 0 Å². The Hall–Kier alpha value is -0.0800. The van der Waals surface area contributed by atoms with E-state index in [0.29, 0.717) is 0 Å². The SMILES string of the molecule is Cc1ccccc1CSCCS. The number of rotatable bonds is 4. The molecule has 0 atom stereocenters. The van der Waals surface area contributed by atoms with Crippen molar-refractivity contribution < 1.29 is 0 Å². The zero-order valence-corrected chi connectivity index (χ0v) is 9.00. The van der Waals surface area contributed by atoms with Crippen LogP contribution in [0.4, 0.5) is 0 Å². The lowest BCUT2D eigenvalue weighted by atomic mass is 10.1. The number of thioether (sulfide) groups is 1. The van der Waals surface area contributed by atoms with Crippen LogP contribution in [0.1, 0.15) is 11.1 Å². The van der Waals surface area contributed by atoms with Crippen LogP contribution in [0.15, 0.2) is 24.3 Å². The molecule has 1 rings (SSSR count). The summed E-state index contributed by atoms with van der Waals surface area (Å²) < 4.78 is 0. The average molecular weight is 198 g/mol. The largest absolute Gasteiger partial charge is 0.179 e. The van der Waals surface area contributed by atoms with E-state index in [1.807, 2.05) is 11.8 Å². The standard InChI is InChI=1S/C10H14S2/c1-9-4-2-3-5-10(9)8-12-7-6-11/h2-5,11H,6-8H2,1H3. The summed E-state index contributed by atoms with van der Waals surface area (Å²) in [5.41, 5.74) is 2.84. The maximum absolute atomic E-state index is 4.17. The molecule has 0 unspecified atom stereocenters. The second kappa shape index (κ2) is 5.55. The first-order chi connectivity index (χ1) is 5.84.